The van der Waals surface area contributed by atoms with Crippen molar-refractivity contribution in [3.05, 3.63) is 23.8 Å². The molecule has 114 valence electrons. The molecule has 0 spiro atoms. The van der Waals surface area contributed by atoms with Crippen LogP contribution in [-0.2, 0) is 4.79 Å². The van der Waals surface area contributed by atoms with Crippen LogP contribution >= 0.6 is 0 Å². The fourth-order valence-corrected chi connectivity index (χ4v) is 2.49. The van der Waals surface area contributed by atoms with Crippen molar-refractivity contribution in [3.63, 3.8) is 0 Å². The first-order valence-corrected chi connectivity index (χ1v) is 7.13. The Morgan fingerprint density at radius 1 is 1.38 bits per heavy atom. The molecule has 0 radical (unpaired) electrons. The summed E-state index contributed by atoms with van der Waals surface area (Å²) in [5.41, 5.74) is 0.168. The molecular formula is C15H20N2O4. The smallest absolute Gasteiger partial charge is 0.335 e. The number of carbonyl (C=O) groups is 2. The second kappa shape index (κ2) is 7.08. The van der Waals surface area contributed by atoms with Gasteiger partial charge in [0, 0.05) is 6.42 Å². The highest BCUT2D eigenvalue weighted by atomic mass is 16.4. The van der Waals surface area contributed by atoms with Crippen LogP contribution in [0, 0.1) is 5.92 Å². The Morgan fingerprint density at radius 2 is 2.19 bits per heavy atom. The summed E-state index contributed by atoms with van der Waals surface area (Å²) in [6.07, 6.45) is 3.41. The second-order valence-corrected chi connectivity index (χ2v) is 5.34. The second-order valence-electron chi connectivity index (χ2n) is 5.34. The first-order chi connectivity index (χ1) is 10.1. The van der Waals surface area contributed by atoms with E-state index in [9.17, 15) is 14.7 Å². The molecule has 1 aliphatic rings. The van der Waals surface area contributed by atoms with E-state index in [1.807, 2.05) is 0 Å². The van der Waals surface area contributed by atoms with Crippen molar-refractivity contribution >= 4 is 17.6 Å². The van der Waals surface area contributed by atoms with E-state index in [-0.39, 0.29) is 22.9 Å². The predicted octanol–water partition coefficient (Wildman–Crippen LogP) is 1.81. The van der Waals surface area contributed by atoms with Crippen LogP contribution < -0.4 is 10.6 Å². The zero-order valence-corrected chi connectivity index (χ0v) is 11.8. The maximum absolute atomic E-state index is 11.9. The number of carboxylic acid groups (broad SMARTS) is 1. The molecular weight excluding hydrogens is 272 g/mol. The summed E-state index contributed by atoms with van der Waals surface area (Å²) in [7, 11) is 0. The molecule has 4 N–H and O–H groups in total. The van der Waals surface area contributed by atoms with Crippen LogP contribution in [0.4, 0.5) is 5.69 Å². The standard InChI is InChI=1S/C15H20N2O4/c18-13-5-4-11(15(20)21)8-12(13)17-14(19)6-3-10-2-1-7-16-9-10/h4-5,8,10,16,18H,1-3,6-7,9H2,(H,17,19)(H,20,21). The number of carboxylic acids is 1. The number of carbonyl (C=O) groups excluding carboxylic acids is 1. The van der Waals surface area contributed by atoms with Gasteiger partial charge in [-0.15, -0.1) is 0 Å². The Labute approximate surface area is 123 Å². The highest BCUT2D eigenvalue weighted by Gasteiger charge is 2.15. The van der Waals surface area contributed by atoms with Gasteiger partial charge in [0.15, 0.2) is 0 Å². The van der Waals surface area contributed by atoms with Crippen molar-refractivity contribution in [3.8, 4) is 5.75 Å². The maximum atomic E-state index is 11.9. The molecule has 0 aliphatic carbocycles. The summed E-state index contributed by atoms with van der Waals surface area (Å²) in [6.45, 7) is 1.98. The van der Waals surface area contributed by atoms with E-state index in [2.05, 4.69) is 10.6 Å². The fraction of sp³-hybridized carbons (Fsp3) is 0.467. The first kappa shape index (κ1) is 15.3. The van der Waals surface area contributed by atoms with Crippen LogP contribution in [-0.4, -0.2) is 35.2 Å². The van der Waals surface area contributed by atoms with Gasteiger partial charge in [-0.1, -0.05) is 0 Å². The third-order valence-corrected chi connectivity index (χ3v) is 3.70. The third-order valence-electron chi connectivity index (χ3n) is 3.70. The van der Waals surface area contributed by atoms with Crippen LogP contribution in [0.5, 0.6) is 5.75 Å². The molecule has 1 aromatic carbocycles. The summed E-state index contributed by atoms with van der Waals surface area (Å²) in [4.78, 5) is 22.8. The van der Waals surface area contributed by atoms with Crippen molar-refractivity contribution in [2.45, 2.75) is 25.7 Å². The minimum absolute atomic E-state index is 0.0274. The van der Waals surface area contributed by atoms with Crippen molar-refractivity contribution in [2.24, 2.45) is 5.92 Å². The molecule has 6 nitrogen and oxygen atoms in total. The van der Waals surface area contributed by atoms with E-state index < -0.39 is 5.97 Å². The lowest BCUT2D eigenvalue weighted by Crippen LogP contribution is -2.30. The molecule has 1 saturated heterocycles. The number of anilines is 1. The van der Waals surface area contributed by atoms with Crippen LogP contribution in [0.3, 0.4) is 0 Å². The zero-order chi connectivity index (χ0) is 15.2. The Balaban J connectivity index is 1.89. The number of piperidine rings is 1. The van der Waals surface area contributed by atoms with Crippen LogP contribution in [0.15, 0.2) is 18.2 Å². The van der Waals surface area contributed by atoms with Crippen LogP contribution in [0.2, 0.25) is 0 Å². The normalized spacial score (nSPS) is 18.2. The van der Waals surface area contributed by atoms with Crippen LogP contribution in [0.25, 0.3) is 0 Å². The monoisotopic (exact) mass is 292 g/mol. The van der Waals surface area contributed by atoms with Gasteiger partial charge in [0.05, 0.1) is 11.3 Å². The lowest BCUT2D eigenvalue weighted by molar-refractivity contribution is -0.116. The molecule has 0 aromatic heterocycles. The van der Waals surface area contributed by atoms with E-state index in [4.69, 9.17) is 5.11 Å². The highest BCUT2D eigenvalue weighted by Crippen LogP contribution is 2.25. The number of phenols is 1. The van der Waals surface area contributed by atoms with Gasteiger partial charge >= 0.3 is 5.97 Å². The van der Waals surface area contributed by atoms with E-state index >= 15 is 0 Å². The Hall–Kier alpha value is -2.08. The summed E-state index contributed by atoms with van der Waals surface area (Å²) < 4.78 is 0. The number of hydrogen-bond acceptors (Lipinski definition) is 4. The molecule has 6 heteroatoms. The molecule has 1 amide bonds. The average Bonchev–Trinajstić information content (AvgIpc) is 2.48. The molecule has 1 atom stereocenters. The van der Waals surface area contributed by atoms with Gasteiger partial charge in [-0.25, -0.2) is 4.79 Å². The van der Waals surface area contributed by atoms with Gasteiger partial charge in [0.1, 0.15) is 5.75 Å². The van der Waals surface area contributed by atoms with Crippen molar-refractivity contribution < 1.29 is 19.8 Å². The number of nitrogens with one attached hydrogen (secondary N) is 2. The van der Waals surface area contributed by atoms with Gasteiger partial charge in [-0.2, -0.15) is 0 Å². The minimum Gasteiger partial charge on any atom is -0.506 e. The number of amides is 1. The lowest BCUT2D eigenvalue weighted by Gasteiger charge is -2.22. The number of phenolic OH excluding ortho intramolecular Hbond substituents is 1. The predicted molar refractivity (Wildman–Crippen MR) is 78.5 cm³/mol. The number of rotatable bonds is 5. The SMILES string of the molecule is O=C(CCC1CCCNC1)Nc1cc(C(=O)O)ccc1O. The average molecular weight is 292 g/mol. The van der Waals surface area contributed by atoms with Gasteiger partial charge in [0.25, 0.3) is 0 Å². The van der Waals surface area contributed by atoms with Gasteiger partial charge < -0.3 is 20.8 Å². The molecule has 1 fully saturated rings. The highest BCUT2D eigenvalue weighted by molar-refractivity contribution is 5.95. The molecule has 21 heavy (non-hydrogen) atoms. The summed E-state index contributed by atoms with van der Waals surface area (Å²) in [5, 5.41) is 24.4. The van der Waals surface area contributed by atoms with E-state index in [1.54, 1.807) is 0 Å². The fourth-order valence-electron chi connectivity index (χ4n) is 2.49. The molecule has 0 saturated carbocycles. The number of aromatic hydroxyl groups is 1. The quantitative estimate of drug-likeness (QED) is 0.620. The Bertz CT molecular complexity index is 524. The first-order valence-electron chi connectivity index (χ1n) is 7.13. The summed E-state index contributed by atoms with van der Waals surface area (Å²) >= 11 is 0. The van der Waals surface area contributed by atoms with Crippen molar-refractivity contribution in [1.82, 2.24) is 5.32 Å². The van der Waals surface area contributed by atoms with E-state index in [0.29, 0.717) is 12.3 Å². The molecule has 1 aliphatic heterocycles. The Morgan fingerprint density at radius 3 is 2.86 bits per heavy atom. The largest absolute Gasteiger partial charge is 0.506 e. The Kier molecular flexibility index (Phi) is 5.16. The van der Waals surface area contributed by atoms with Gasteiger partial charge in [0.2, 0.25) is 5.91 Å². The minimum atomic E-state index is -1.10. The summed E-state index contributed by atoms with van der Waals surface area (Å²) in [5.74, 6) is -0.937. The van der Waals surface area contributed by atoms with E-state index in [1.165, 1.54) is 18.2 Å². The van der Waals surface area contributed by atoms with E-state index in [0.717, 1.165) is 32.4 Å². The van der Waals surface area contributed by atoms with Crippen molar-refractivity contribution in [1.29, 1.82) is 0 Å². The maximum Gasteiger partial charge on any atom is 0.335 e. The number of benzene rings is 1. The lowest BCUT2D eigenvalue weighted by atomic mass is 9.94. The number of aromatic carboxylic acids is 1. The topological polar surface area (TPSA) is 98.7 Å². The zero-order valence-electron chi connectivity index (χ0n) is 11.8. The van der Waals surface area contributed by atoms with Crippen LogP contribution in [0.1, 0.15) is 36.0 Å². The molecule has 1 unspecified atom stereocenters. The molecule has 0 bridgehead atoms. The molecule has 1 aromatic rings. The van der Waals surface area contributed by atoms with Gasteiger partial charge in [-0.3, -0.25) is 4.79 Å². The molecule has 2 rings (SSSR count). The van der Waals surface area contributed by atoms with Crippen molar-refractivity contribution in [2.75, 3.05) is 18.4 Å². The molecule has 1 heterocycles. The van der Waals surface area contributed by atoms with Gasteiger partial charge in [-0.05, 0) is 56.5 Å². The third kappa shape index (κ3) is 4.46. The summed E-state index contributed by atoms with van der Waals surface area (Å²) in [6, 6.07) is 3.82. The number of hydrogen-bond donors (Lipinski definition) is 4.